The number of esters is 1. The van der Waals surface area contributed by atoms with Crippen molar-refractivity contribution in [2.45, 2.75) is 11.3 Å². The van der Waals surface area contributed by atoms with Gasteiger partial charge in [0.05, 0.1) is 18.4 Å². The van der Waals surface area contributed by atoms with Gasteiger partial charge in [-0.3, -0.25) is 4.79 Å². The molecular formula is C11H14N2O4S2. The van der Waals surface area contributed by atoms with Crippen LogP contribution in [0.3, 0.4) is 0 Å². The minimum absolute atomic E-state index is 0.00561. The second kappa shape index (κ2) is 6.60. The van der Waals surface area contributed by atoms with Crippen molar-refractivity contribution in [1.82, 2.24) is 4.72 Å². The van der Waals surface area contributed by atoms with Gasteiger partial charge in [-0.15, -0.1) is 0 Å². The van der Waals surface area contributed by atoms with E-state index in [1.807, 2.05) is 0 Å². The van der Waals surface area contributed by atoms with E-state index in [0.717, 1.165) is 0 Å². The monoisotopic (exact) mass is 302 g/mol. The Morgan fingerprint density at radius 1 is 1.42 bits per heavy atom. The summed E-state index contributed by atoms with van der Waals surface area (Å²) in [6, 6.07) is 6.13. The van der Waals surface area contributed by atoms with Gasteiger partial charge in [-0.25, -0.2) is 13.1 Å². The van der Waals surface area contributed by atoms with E-state index in [2.05, 4.69) is 9.46 Å². The van der Waals surface area contributed by atoms with Crippen molar-refractivity contribution in [2.75, 3.05) is 13.7 Å². The molecule has 1 aromatic carbocycles. The number of rotatable bonds is 6. The molecule has 0 heterocycles. The molecule has 1 aromatic rings. The number of hydrogen-bond donors (Lipinski definition) is 2. The molecule has 0 saturated carbocycles. The lowest BCUT2D eigenvalue weighted by Gasteiger charge is -2.10. The van der Waals surface area contributed by atoms with E-state index in [1.165, 1.54) is 19.2 Å². The van der Waals surface area contributed by atoms with Crippen molar-refractivity contribution in [3.63, 3.8) is 0 Å². The molecule has 0 atom stereocenters. The Hall–Kier alpha value is -1.51. The Morgan fingerprint density at radius 3 is 2.63 bits per heavy atom. The Bertz CT molecular complexity index is 584. The van der Waals surface area contributed by atoms with Crippen molar-refractivity contribution >= 4 is 33.2 Å². The van der Waals surface area contributed by atoms with Gasteiger partial charge in [0.25, 0.3) is 0 Å². The number of methoxy groups -OCH3 is 1. The SMILES string of the molecule is COC(=O)CCNS(=O)(=O)c1ccccc1C(N)=S. The smallest absolute Gasteiger partial charge is 0.306 e. The second-order valence-corrected chi connectivity index (χ2v) is 5.76. The summed E-state index contributed by atoms with van der Waals surface area (Å²) in [6.45, 7) is -0.0549. The largest absolute Gasteiger partial charge is 0.469 e. The molecule has 0 amide bonds. The van der Waals surface area contributed by atoms with Gasteiger partial charge in [0.15, 0.2) is 0 Å². The van der Waals surface area contributed by atoms with Gasteiger partial charge < -0.3 is 10.5 Å². The topological polar surface area (TPSA) is 98.5 Å². The first-order valence-electron chi connectivity index (χ1n) is 5.34. The summed E-state index contributed by atoms with van der Waals surface area (Å²) in [5.74, 6) is -0.495. The molecule has 0 saturated heterocycles. The minimum Gasteiger partial charge on any atom is -0.469 e. The maximum Gasteiger partial charge on any atom is 0.306 e. The minimum atomic E-state index is -3.77. The molecule has 0 spiro atoms. The number of nitrogens with one attached hydrogen (secondary N) is 1. The molecule has 0 bridgehead atoms. The van der Waals surface area contributed by atoms with E-state index >= 15 is 0 Å². The molecule has 0 aliphatic rings. The van der Waals surface area contributed by atoms with E-state index in [9.17, 15) is 13.2 Å². The van der Waals surface area contributed by atoms with Crippen LogP contribution in [0.2, 0.25) is 0 Å². The summed E-state index contributed by atoms with van der Waals surface area (Å²) in [5.41, 5.74) is 5.74. The van der Waals surface area contributed by atoms with Crippen LogP contribution in [0.5, 0.6) is 0 Å². The lowest BCUT2D eigenvalue weighted by molar-refractivity contribution is -0.140. The molecule has 3 N–H and O–H groups in total. The summed E-state index contributed by atoms with van der Waals surface area (Å²) in [6.07, 6.45) is -0.0506. The zero-order chi connectivity index (χ0) is 14.5. The molecule has 0 aliphatic heterocycles. The molecule has 104 valence electrons. The number of carbonyl (C=O) groups excluding carboxylic acids is 1. The highest BCUT2D eigenvalue weighted by Gasteiger charge is 2.19. The fraction of sp³-hybridized carbons (Fsp3) is 0.273. The van der Waals surface area contributed by atoms with Crippen LogP contribution < -0.4 is 10.5 Å². The lowest BCUT2D eigenvalue weighted by atomic mass is 10.2. The molecule has 1 rings (SSSR count). The summed E-state index contributed by atoms with van der Waals surface area (Å²) < 4.78 is 30.8. The van der Waals surface area contributed by atoms with Crippen molar-refractivity contribution in [2.24, 2.45) is 5.73 Å². The van der Waals surface area contributed by atoms with Crippen LogP contribution in [0.4, 0.5) is 0 Å². The van der Waals surface area contributed by atoms with Crippen LogP contribution in [-0.2, 0) is 19.6 Å². The zero-order valence-corrected chi connectivity index (χ0v) is 11.9. The fourth-order valence-corrected chi connectivity index (χ4v) is 2.87. The number of thiocarbonyl (C=S) groups is 1. The molecule has 6 nitrogen and oxygen atoms in total. The first kappa shape index (κ1) is 15.5. The van der Waals surface area contributed by atoms with Gasteiger partial charge >= 0.3 is 5.97 Å². The first-order chi connectivity index (χ1) is 8.88. The molecule has 19 heavy (non-hydrogen) atoms. The van der Waals surface area contributed by atoms with Gasteiger partial charge in [-0.05, 0) is 6.07 Å². The summed E-state index contributed by atoms with van der Waals surface area (Å²) in [7, 11) is -2.53. The average Bonchev–Trinajstić information content (AvgIpc) is 2.38. The molecule has 0 aliphatic carbocycles. The fourth-order valence-electron chi connectivity index (χ4n) is 1.37. The molecule has 0 radical (unpaired) electrons. The number of benzene rings is 1. The van der Waals surface area contributed by atoms with E-state index in [0.29, 0.717) is 0 Å². The van der Waals surface area contributed by atoms with Crippen molar-refractivity contribution in [3.8, 4) is 0 Å². The van der Waals surface area contributed by atoms with Crippen LogP contribution in [0.25, 0.3) is 0 Å². The molecule has 0 fully saturated rings. The maximum atomic E-state index is 12.0. The normalized spacial score (nSPS) is 11.0. The van der Waals surface area contributed by atoms with Gasteiger partial charge in [0.2, 0.25) is 10.0 Å². The second-order valence-electron chi connectivity index (χ2n) is 3.58. The number of ether oxygens (including phenoxy) is 1. The Morgan fingerprint density at radius 2 is 2.05 bits per heavy atom. The van der Waals surface area contributed by atoms with Crippen molar-refractivity contribution < 1.29 is 17.9 Å². The highest BCUT2D eigenvalue weighted by Crippen LogP contribution is 2.15. The molecular weight excluding hydrogens is 288 g/mol. The van der Waals surface area contributed by atoms with E-state index in [-0.39, 0.29) is 28.4 Å². The van der Waals surface area contributed by atoms with Crippen molar-refractivity contribution in [1.29, 1.82) is 0 Å². The number of hydrogen-bond acceptors (Lipinski definition) is 5. The summed E-state index contributed by atoms with van der Waals surface area (Å²) in [5, 5.41) is 0. The summed E-state index contributed by atoms with van der Waals surface area (Å²) in [4.78, 5) is 10.9. The zero-order valence-electron chi connectivity index (χ0n) is 10.3. The molecule has 8 heteroatoms. The number of carbonyl (C=O) groups is 1. The first-order valence-corrected chi connectivity index (χ1v) is 7.23. The van der Waals surface area contributed by atoms with Gasteiger partial charge in [0.1, 0.15) is 4.99 Å². The third kappa shape index (κ3) is 4.27. The van der Waals surface area contributed by atoms with Crippen LogP contribution in [-0.4, -0.2) is 33.0 Å². The van der Waals surface area contributed by atoms with E-state index in [1.54, 1.807) is 12.1 Å². The quantitative estimate of drug-likeness (QED) is 0.574. The molecule has 0 unspecified atom stereocenters. The highest BCUT2D eigenvalue weighted by molar-refractivity contribution is 7.89. The van der Waals surface area contributed by atoms with Crippen LogP contribution in [0.15, 0.2) is 29.2 Å². The lowest BCUT2D eigenvalue weighted by Crippen LogP contribution is -2.28. The Kier molecular flexibility index (Phi) is 5.40. The average molecular weight is 302 g/mol. The van der Waals surface area contributed by atoms with Crippen molar-refractivity contribution in [3.05, 3.63) is 29.8 Å². The Labute approximate surface area is 117 Å². The maximum absolute atomic E-state index is 12.0. The van der Waals surface area contributed by atoms with Gasteiger partial charge in [-0.1, -0.05) is 30.4 Å². The number of sulfonamides is 1. The van der Waals surface area contributed by atoms with Crippen LogP contribution in [0, 0.1) is 0 Å². The standard InChI is InChI=1S/C11H14N2O4S2/c1-17-10(14)6-7-13-19(15,16)9-5-3-2-4-8(9)11(12)18/h2-5,13H,6-7H2,1H3,(H2,12,18). The predicted octanol–water partition coefficient (Wildman–Crippen LogP) is 0.162. The number of nitrogens with two attached hydrogens (primary N) is 1. The highest BCUT2D eigenvalue weighted by atomic mass is 32.2. The van der Waals surface area contributed by atoms with E-state index < -0.39 is 16.0 Å². The van der Waals surface area contributed by atoms with Gasteiger partial charge in [0, 0.05) is 12.1 Å². The third-order valence-corrected chi connectivity index (χ3v) is 4.03. The van der Waals surface area contributed by atoms with Crippen LogP contribution in [0.1, 0.15) is 12.0 Å². The molecule has 0 aromatic heterocycles. The van der Waals surface area contributed by atoms with E-state index in [4.69, 9.17) is 18.0 Å². The predicted molar refractivity (Wildman–Crippen MR) is 74.2 cm³/mol. The third-order valence-electron chi connectivity index (χ3n) is 2.29. The Balaban J connectivity index is 2.89. The van der Waals surface area contributed by atoms with Crippen LogP contribution >= 0.6 is 12.2 Å². The summed E-state index contributed by atoms with van der Waals surface area (Å²) >= 11 is 4.80. The van der Waals surface area contributed by atoms with Gasteiger partial charge in [-0.2, -0.15) is 0 Å².